The molecule has 2 aromatic carbocycles. The molecule has 0 saturated heterocycles. The second kappa shape index (κ2) is 8.21. The average molecular weight is 374 g/mol. The molecule has 0 unspecified atom stereocenters. The normalized spacial score (nSPS) is 11.1. The molecule has 5 heteroatoms. The Labute approximate surface area is 166 Å². The zero-order chi connectivity index (χ0) is 20.1. The Balaban J connectivity index is 1.74. The highest BCUT2D eigenvalue weighted by Gasteiger charge is 2.18. The largest absolute Gasteiger partial charge is 0.347 e. The van der Waals surface area contributed by atoms with Crippen LogP contribution in [0.2, 0.25) is 0 Å². The van der Waals surface area contributed by atoms with Crippen LogP contribution in [0.25, 0.3) is 0 Å². The molecule has 0 aliphatic rings. The van der Waals surface area contributed by atoms with Crippen molar-refractivity contribution in [1.29, 1.82) is 0 Å². The Morgan fingerprint density at radius 3 is 2.46 bits per heavy atom. The van der Waals surface area contributed by atoms with Gasteiger partial charge in [-0.2, -0.15) is 0 Å². The molecule has 5 nitrogen and oxygen atoms in total. The summed E-state index contributed by atoms with van der Waals surface area (Å²) in [4.78, 5) is 21.2. The average Bonchev–Trinajstić information content (AvgIpc) is 2.67. The summed E-state index contributed by atoms with van der Waals surface area (Å²) in [6.07, 6.45) is 1.59. The fourth-order valence-electron chi connectivity index (χ4n) is 2.99. The van der Waals surface area contributed by atoms with Crippen LogP contribution in [0.15, 0.2) is 60.8 Å². The Kier molecular flexibility index (Phi) is 5.73. The zero-order valence-electron chi connectivity index (χ0n) is 16.8. The summed E-state index contributed by atoms with van der Waals surface area (Å²) in [7, 11) is 0. The first-order chi connectivity index (χ1) is 13.3. The summed E-state index contributed by atoms with van der Waals surface area (Å²) < 4.78 is 0. The van der Waals surface area contributed by atoms with Gasteiger partial charge in [0, 0.05) is 18.4 Å². The van der Waals surface area contributed by atoms with Crippen molar-refractivity contribution in [3.05, 3.63) is 83.2 Å². The number of carbonyl (C=O) groups is 1. The van der Waals surface area contributed by atoms with E-state index in [0.717, 1.165) is 22.4 Å². The third-order valence-corrected chi connectivity index (χ3v) is 4.57. The first-order valence-electron chi connectivity index (χ1n) is 9.37. The van der Waals surface area contributed by atoms with Gasteiger partial charge in [-0.3, -0.25) is 4.79 Å². The van der Waals surface area contributed by atoms with Crippen LogP contribution in [0.1, 0.15) is 48.0 Å². The van der Waals surface area contributed by atoms with Crippen molar-refractivity contribution in [1.82, 2.24) is 15.3 Å². The van der Waals surface area contributed by atoms with Gasteiger partial charge >= 0.3 is 0 Å². The van der Waals surface area contributed by atoms with Crippen LogP contribution in [-0.4, -0.2) is 15.9 Å². The summed E-state index contributed by atoms with van der Waals surface area (Å²) in [5, 5.41) is 6.18. The monoisotopic (exact) mass is 374 g/mol. The molecule has 3 rings (SSSR count). The number of nitrogens with zero attached hydrogens (tertiary/aromatic N) is 2. The van der Waals surface area contributed by atoms with Crippen molar-refractivity contribution in [3.63, 3.8) is 0 Å². The van der Waals surface area contributed by atoms with E-state index in [1.807, 2.05) is 49.4 Å². The second-order valence-corrected chi connectivity index (χ2v) is 7.80. The number of hydrogen-bond donors (Lipinski definition) is 2. The highest BCUT2D eigenvalue weighted by atomic mass is 16.1. The van der Waals surface area contributed by atoms with Crippen LogP contribution >= 0.6 is 0 Å². The molecule has 0 saturated carbocycles. The number of para-hydroxylation sites is 1. The van der Waals surface area contributed by atoms with Crippen molar-refractivity contribution < 1.29 is 4.79 Å². The molecule has 2 N–H and O–H groups in total. The molecule has 0 spiro atoms. The predicted molar refractivity (Wildman–Crippen MR) is 113 cm³/mol. The Morgan fingerprint density at radius 1 is 1.00 bits per heavy atom. The summed E-state index contributed by atoms with van der Waals surface area (Å²) in [6, 6.07) is 17.7. The zero-order valence-corrected chi connectivity index (χ0v) is 16.8. The number of benzene rings is 2. The first-order valence-corrected chi connectivity index (χ1v) is 9.37. The lowest BCUT2D eigenvalue weighted by molar-refractivity contribution is 0.0946. The molecule has 144 valence electrons. The predicted octanol–water partition coefficient (Wildman–Crippen LogP) is 4.76. The van der Waals surface area contributed by atoms with Gasteiger partial charge in [-0.15, -0.1) is 0 Å². The van der Waals surface area contributed by atoms with E-state index in [-0.39, 0.29) is 11.3 Å². The van der Waals surface area contributed by atoms with Gasteiger partial charge in [-0.1, -0.05) is 63.2 Å². The molecule has 0 atom stereocenters. The Hall–Kier alpha value is -3.21. The minimum Gasteiger partial charge on any atom is -0.347 e. The van der Waals surface area contributed by atoms with Gasteiger partial charge < -0.3 is 10.6 Å². The van der Waals surface area contributed by atoms with Crippen LogP contribution in [0.3, 0.4) is 0 Å². The molecule has 28 heavy (non-hydrogen) atoms. The topological polar surface area (TPSA) is 66.9 Å². The van der Waals surface area contributed by atoms with Crippen molar-refractivity contribution in [3.8, 4) is 0 Å². The highest BCUT2D eigenvalue weighted by molar-refractivity contribution is 5.92. The van der Waals surface area contributed by atoms with Crippen LogP contribution in [0, 0.1) is 6.92 Å². The molecule has 0 aliphatic heterocycles. The lowest BCUT2D eigenvalue weighted by atomic mass is 9.86. The Morgan fingerprint density at radius 2 is 1.71 bits per heavy atom. The van der Waals surface area contributed by atoms with Gasteiger partial charge in [-0.05, 0) is 41.2 Å². The number of anilines is 2. The Bertz CT molecular complexity index is 976. The third-order valence-electron chi connectivity index (χ3n) is 4.57. The minimum atomic E-state index is -0.224. The van der Waals surface area contributed by atoms with E-state index in [0.29, 0.717) is 18.2 Å². The van der Waals surface area contributed by atoms with E-state index in [9.17, 15) is 4.79 Å². The fraction of sp³-hybridized carbons (Fsp3) is 0.261. The quantitative estimate of drug-likeness (QED) is 0.676. The summed E-state index contributed by atoms with van der Waals surface area (Å²) in [6.45, 7) is 8.96. The van der Waals surface area contributed by atoms with E-state index in [1.165, 1.54) is 0 Å². The highest BCUT2D eigenvalue weighted by Crippen LogP contribution is 2.30. The molecule has 3 aromatic rings. The number of nitrogens with one attached hydrogen (secondary N) is 2. The number of carbonyl (C=O) groups excluding carboxylic acids is 1. The van der Waals surface area contributed by atoms with Crippen molar-refractivity contribution >= 4 is 17.5 Å². The number of rotatable bonds is 5. The SMILES string of the molecule is Cc1ccccc1CNC(=O)c1ccnc(Nc2ccccc2C(C)(C)C)n1. The molecule has 0 radical (unpaired) electrons. The van der Waals surface area contributed by atoms with Crippen molar-refractivity contribution in [2.45, 2.75) is 39.7 Å². The second-order valence-electron chi connectivity index (χ2n) is 7.80. The lowest BCUT2D eigenvalue weighted by Gasteiger charge is -2.23. The molecule has 1 amide bonds. The molecule has 1 heterocycles. The van der Waals surface area contributed by atoms with E-state index < -0.39 is 0 Å². The number of hydrogen-bond acceptors (Lipinski definition) is 4. The fourth-order valence-corrected chi connectivity index (χ4v) is 2.99. The smallest absolute Gasteiger partial charge is 0.270 e. The lowest BCUT2D eigenvalue weighted by Crippen LogP contribution is -2.24. The summed E-state index contributed by atoms with van der Waals surface area (Å²) in [5.41, 5.74) is 4.64. The molecule has 1 aromatic heterocycles. The van der Waals surface area contributed by atoms with Gasteiger partial charge in [0.25, 0.3) is 5.91 Å². The van der Waals surface area contributed by atoms with E-state index in [2.05, 4.69) is 47.4 Å². The number of aromatic nitrogens is 2. The third kappa shape index (κ3) is 4.74. The summed E-state index contributed by atoms with van der Waals surface area (Å²) >= 11 is 0. The van der Waals surface area contributed by atoms with Crippen LogP contribution in [0.5, 0.6) is 0 Å². The maximum absolute atomic E-state index is 12.5. The van der Waals surface area contributed by atoms with E-state index >= 15 is 0 Å². The molecule has 0 aliphatic carbocycles. The first kappa shape index (κ1) is 19.5. The van der Waals surface area contributed by atoms with E-state index in [1.54, 1.807) is 12.3 Å². The minimum absolute atomic E-state index is 0.0217. The van der Waals surface area contributed by atoms with Gasteiger partial charge in [-0.25, -0.2) is 9.97 Å². The molecular formula is C23H26N4O. The van der Waals surface area contributed by atoms with Gasteiger partial charge in [0.15, 0.2) is 0 Å². The van der Waals surface area contributed by atoms with Gasteiger partial charge in [0.1, 0.15) is 5.69 Å². The molecule has 0 bridgehead atoms. The van der Waals surface area contributed by atoms with Gasteiger partial charge in [0.05, 0.1) is 0 Å². The maximum atomic E-state index is 12.5. The summed E-state index contributed by atoms with van der Waals surface area (Å²) in [5.74, 6) is 0.179. The van der Waals surface area contributed by atoms with Crippen molar-refractivity contribution in [2.24, 2.45) is 0 Å². The van der Waals surface area contributed by atoms with Crippen LogP contribution < -0.4 is 10.6 Å². The van der Waals surface area contributed by atoms with Crippen LogP contribution in [-0.2, 0) is 12.0 Å². The number of amides is 1. The maximum Gasteiger partial charge on any atom is 0.270 e. The van der Waals surface area contributed by atoms with E-state index in [4.69, 9.17) is 0 Å². The van der Waals surface area contributed by atoms with Crippen LogP contribution in [0.4, 0.5) is 11.6 Å². The number of aryl methyl sites for hydroxylation is 1. The van der Waals surface area contributed by atoms with Gasteiger partial charge in [0.2, 0.25) is 5.95 Å². The van der Waals surface area contributed by atoms with Crippen molar-refractivity contribution in [2.75, 3.05) is 5.32 Å². The standard InChI is InChI=1S/C23H26N4O/c1-16-9-5-6-10-17(16)15-25-21(28)20-13-14-24-22(27-20)26-19-12-8-7-11-18(19)23(2,3)4/h5-14H,15H2,1-4H3,(H,25,28)(H,24,26,27). The molecular weight excluding hydrogens is 348 g/mol. The molecule has 0 fully saturated rings.